The zero-order valence-corrected chi connectivity index (χ0v) is 72.4. The molecule has 4 saturated carbocycles. The van der Waals surface area contributed by atoms with Crippen LogP contribution in [-0.4, -0.2) is 89.7 Å². The summed E-state index contributed by atoms with van der Waals surface area (Å²) in [6, 6.07) is 19.1. The molecule has 13 nitrogen and oxygen atoms in total. The Labute approximate surface area is 711 Å². The van der Waals surface area contributed by atoms with Gasteiger partial charge in [-0.1, -0.05) is 15.9 Å². The van der Waals surface area contributed by atoms with Crippen LogP contribution in [0.5, 0.6) is 0 Å². The lowest BCUT2D eigenvalue weighted by Crippen LogP contribution is -2.58. The molecule has 4 aliphatic carbocycles. The maximum absolute atomic E-state index is 14.3. The lowest BCUT2D eigenvalue weighted by molar-refractivity contribution is -0.167. The first kappa shape index (κ1) is 103. The van der Waals surface area contributed by atoms with Gasteiger partial charge in [0.2, 0.25) is 6.54 Å². The highest BCUT2D eigenvalue weighted by Crippen LogP contribution is 2.57. The van der Waals surface area contributed by atoms with Gasteiger partial charge in [-0.25, -0.2) is 81.6 Å². The fourth-order valence-electron chi connectivity index (χ4n) is 14.9. The molecule has 8 aromatic carbocycles. The first-order valence-corrected chi connectivity index (χ1v) is 39.1. The molecule has 0 radical (unpaired) electrons. The number of hydrogen-bond donors (Lipinski definition) is 3. The molecular weight excluding hydrogens is 1720 g/mol. The van der Waals surface area contributed by atoms with Crippen LogP contribution in [-0.2, 0) is 79.4 Å². The quantitative estimate of drug-likeness (QED) is 0.0471. The summed E-state index contributed by atoms with van der Waals surface area (Å²) in [4.78, 5) is 48.7. The van der Waals surface area contributed by atoms with Gasteiger partial charge in [0.25, 0.3) is 0 Å². The van der Waals surface area contributed by atoms with Crippen molar-refractivity contribution in [2.24, 2.45) is 0 Å². The summed E-state index contributed by atoms with van der Waals surface area (Å²) in [6.07, 6.45) is 2.53. The van der Waals surface area contributed by atoms with Crippen LogP contribution in [0.2, 0.25) is 0 Å². The summed E-state index contributed by atoms with van der Waals surface area (Å²) < 4.78 is 234. The summed E-state index contributed by atoms with van der Waals surface area (Å²) in [5, 5.41) is 35.8. The number of ether oxygens (including phenoxy) is 4. The highest BCUT2D eigenvalue weighted by atomic mass is 79.9. The van der Waals surface area contributed by atoms with E-state index in [0.717, 1.165) is 91.0 Å². The largest absolute Gasteiger partial charge is 0.481 e. The molecule has 0 unspecified atom stereocenters. The molecule has 0 saturated heterocycles. The van der Waals surface area contributed by atoms with Crippen LogP contribution >= 0.6 is 27.5 Å². The number of aliphatic hydroxyl groups is 1. The molecule has 0 spiro atoms. The monoisotopic (exact) mass is 1810 g/mol. The Morgan fingerprint density at radius 3 is 0.992 bits per heavy atom. The Balaban J connectivity index is 0.000000251. The number of carboxylic acids is 2. The molecule has 0 aromatic heterocycles. The van der Waals surface area contributed by atoms with Crippen molar-refractivity contribution >= 4 is 51.0 Å². The van der Waals surface area contributed by atoms with Crippen LogP contribution in [0.15, 0.2) is 97.1 Å². The highest BCUT2D eigenvalue weighted by Gasteiger charge is 2.61. The smallest absolute Gasteiger partial charge is 0.338 e. The van der Waals surface area contributed by atoms with E-state index >= 15 is 0 Å². The summed E-state index contributed by atoms with van der Waals surface area (Å²) in [6.45, 7) is 26.4. The molecule has 12 rings (SSSR count). The minimum absolute atomic E-state index is 0.00301. The lowest BCUT2D eigenvalue weighted by Gasteiger charge is -2.52. The minimum Gasteiger partial charge on any atom is -0.481 e. The molecule has 0 bridgehead atoms. The van der Waals surface area contributed by atoms with Crippen LogP contribution in [0.4, 0.5) is 70.2 Å². The molecule has 4 fully saturated rings. The average Bonchev–Trinajstić information content (AvgIpc) is 0.736. The van der Waals surface area contributed by atoms with E-state index in [4.69, 9.17) is 47.3 Å². The molecule has 3 N–H and O–H groups in total. The number of carboxylic acid groups (broad SMARTS) is 2. The van der Waals surface area contributed by atoms with Crippen molar-refractivity contribution in [2.75, 3.05) is 28.4 Å². The van der Waals surface area contributed by atoms with Gasteiger partial charge in [0.1, 0.15) is 110 Å². The number of carbonyl (C=O) groups is 4. The Morgan fingerprint density at radius 2 is 0.664 bits per heavy atom. The third kappa shape index (κ3) is 23.7. The number of aliphatic hydroxyl groups excluding tert-OH is 1. The van der Waals surface area contributed by atoms with Gasteiger partial charge in [0.15, 0.2) is 0 Å². The number of nitriles is 1. The number of halogens is 18. The van der Waals surface area contributed by atoms with E-state index in [0.29, 0.717) is 50.2 Å². The van der Waals surface area contributed by atoms with E-state index in [-0.39, 0.29) is 120 Å². The fourth-order valence-corrected chi connectivity index (χ4v) is 15.6. The number of Topliss-reactive ketones (excluding diaryl/α,β-unsaturated/α-hetero) is 2. The van der Waals surface area contributed by atoms with E-state index in [1.165, 1.54) is 69.4 Å². The number of rotatable bonds is 16. The standard InChI is InChI=1S/C15H17BrF2O2.C15H18F2O2.C14H15F2NO.C14H16F2O3.C9H7F2N.C8H7ClF2.C8H6F2O2.C8H8F2O/c1-9(19)15(7-14(2,8-15)20-3)11-5-12(17)10(6-16)4-13(11)18;1-9-5-13(17)11(6-12(9)16)15(10(2)18)7-14(3,8-15)19-4;1-9-4-12(16)10(5-11(9)15)14(8-17)6-13(2,7-14)18-3;1-8-4-11(16)9(5-10(8)15)14(12(17)18)6-13(2,7-14)19-3;1-6-3-9(11)7(5-12-2)4-8(6)10;1-5-2-8(11)6(4-9)3-7(5)10;1-4-2-7(10)5(8(11)12)3-6(4)9;1-5-2-8(10)6(4-11)3-7(5)9/h4-5H,6-8H2,1-3H3;5-6H,7-8H2,1-4H3;4-5H,6-7H2,1-3H3;4-5H,6-7H2,1-3H3,(H,17,18);3-4H,5H2,1H3;2-3H,4H2,1H3;2-3H,1H3,(H,11,12);2-3,11H,4H2,1H3. The number of aliphatic carboxylic acids is 1. The van der Waals surface area contributed by atoms with Crippen LogP contribution in [0.25, 0.3) is 4.85 Å². The van der Waals surface area contributed by atoms with Gasteiger partial charge < -0.3 is 39.1 Å². The Hall–Kier alpha value is -9.53. The molecule has 4 aliphatic rings. The van der Waals surface area contributed by atoms with E-state index in [1.807, 2.05) is 20.8 Å². The van der Waals surface area contributed by atoms with Gasteiger partial charge in [-0.05, 0) is 277 Å². The minimum atomic E-state index is -1.47. The zero-order valence-electron chi connectivity index (χ0n) is 70.0. The predicted molar refractivity (Wildman–Crippen MR) is 429 cm³/mol. The molecule has 122 heavy (non-hydrogen) atoms. The number of nitrogens with zero attached hydrogens (tertiary/aromatic N) is 2. The Kier molecular flexibility index (Phi) is 35.3. The second-order valence-corrected chi connectivity index (χ2v) is 32.6. The van der Waals surface area contributed by atoms with Crippen LogP contribution in [0.3, 0.4) is 0 Å². The van der Waals surface area contributed by atoms with Gasteiger partial charge >= 0.3 is 11.9 Å². The fraction of sp³-hybridized carbons (Fsp3) is 0.407. The number of alkyl halides is 2. The van der Waals surface area contributed by atoms with Crippen molar-refractivity contribution in [3.63, 3.8) is 0 Å². The number of ketones is 2. The van der Waals surface area contributed by atoms with E-state index in [9.17, 15) is 99.8 Å². The van der Waals surface area contributed by atoms with Crippen LogP contribution in [0.1, 0.15) is 187 Å². The molecular formula is C91H94BrClF16N2O11. The summed E-state index contributed by atoms with van der Waals surface area (Å²) in [5.41, 5.74) is -4.40. The topological polar surface area (TPSA) is 194 Å². The van der Waals surface area contributed by atoms with Crippen molar-refractivity contribution in [1.82, 2.24) is 0 Å². The Bertz CT molecular complexity index is 5130. The van der Waals surface area contributed by atoms with Crippen molar-refractivity contribution in [3.05, 3.63) is 291 Å². The summed E-state index contributed by atoms with van der Waals surface area (Å²) >= 11 is 8.46. The predicted octanol–water partition coefficient (Wildman–Crippen LogP) is 22.7. The van der Waals surface area contributed by atoms with E-state index in [2.05, 4.69) is 26.8 Å². The first-order valence-electron chi connectivity index (χ1n) is 37.4. The van der Waals surface area contributed by atoms with Gasteiger partial charge in [-0.2, -0.15) is 5.26 Å². The molecule has 31 heteroatoms. The van der Waals surface area contributed by atoms with Crippen LogP contribution < -0.4 is 0 Å². The maximum atomic E-state index is 14.3. The first-order chi connectivity index (χ1) is 56.6. The van der Waals surface area contributed by atoms with Crippen molar-refractivity contribution in [1.29, 1.82) is 5.26 Å². The normalized spacial score (nSPS) is 22.4. The van der Waals surface area contributed by atoms with E-state index in [1.54, 1.807) is 28.3 Å². The van der Waals surface area contributed by atoms with Crippen LogP contribution in [0, 0.1) is 159 Å². The van der Waals surface area contributed by atoms with Gasteiger partial charge in [-0.3, -0.25) is 14.4 Å². The maximum Gasteiger partial charge on any atom is 0.338 e. The number of methoxy groups -OCH3 is 4. The van der Waals surface area contributed by atoms with E-state index < -0.39 is 161 Å². The number of aryl methyl sites for hydroxylation is 7. The third-order valence-corrected chi connectivity index (χ3v) is 23.4. The molecule has 0 atom stereocenters. The summed E-state index contributed by atoms with van der Waals surface area (Å²) in [7, 11) is 6.18. The third-order valence-electron chi connectivity index (χ3n) is 22.5. The lowest BCUT2D eigenvalue weighted by atomic mass is 9.54. The van der Waals surface area contributed by atoms with Crippen molar-refractivity contribution in [2.45, 2.75) is 210 Å². The molecule has 0 heterocycles. The Morgan fingerprint density at radius 1 is 0.402 bits per heavy atom. The van der Waals surface area contributed by atoms with Crippen molar-refractivity contribution in [3.8, 4) is 6.07 Å². The SMILES string of the molecule is COC1(C)CC(C#N)(c2cc(F)c(C)cc2F)C1.COC1(C)CC(C(=O)O)(c2cc(F)c(C)cc2F)C1.COC1(C)CC(C(C)=O)(c2cc(F)c(C)cc2F)C1.COC1(C)CC(C(C)=O)(c2cc(F)c(CBr)cc2F)C1.Cc1cc(F)c(C(=O)O)cc1F.Cc1cc(F)c(CCl)cc1F.Cc1cc(F)c(CO)cc1F.[C-]#[N+]Cc1cc(F)c(C)cc1F. The number of aromatic carboxylic acids is 1. The van der Waals surface area contributed by atoms with Gasteiger partial charge in [0, 0.05) is 72.7 Å². The van der Waals surface area contributed by atoms with Crippen molar-refractivity contribution < 1.29 is 124 Å². The van der Waals surface area contributed by atoms with Gasteiger partial charge in [0.05, 0.1) is 68.3 Å². The number of hydrogen-bond acceptors (Lipinski definition) is 10. The molecule has 0 amide bonds. The highest BCUT2D eigenvalue weighted by molar-refractivity contribution is 9.08. The second-order valence-electron chi connectivity index (χ2n) is 31.8. The zero-order chi connectivity index (χ0) is 92.8. The molecule has 8 aromatic rings. The molecule has 660 valence electrons. The second kappa shape index (κ2) is 41.8. The average molecular weight is 1810 g/mol. The summed E-state index contributed by atoms with van der Waals surface area (Å²) in [5.74, 6) is -11.7. The number of carbonyl (C=O) groups excluding carboxylic acids is 2. The number of benzene rings is 8. The molecule has 0 aliphatic heterocycles. The van der Waals surface area contributed by atoms with Gasteiger partial charge in [-0.15, -0.1) is 11.6 Å².